The lowest BCUT2D eigenvalue weighted by molar-refractivity contribution is 0.337. The van der Waals surface area contributed by atoms with Gasteiger partial charge < -0.3 is 10.5 Å². The largest absolute Gasteiger partial charge is 0.494 e. The molecule has 0 fully saturated rings. The number of aryl methyl sites for hydroxylation is 1. The Morgan fingerprint density at radius 2 is 2.14 bits per heavy atom. The summed E-state index contributed by atoms with van der Waals surface area (Å²) in [6.07, 6.45) is 1.78. The molecule has 0 saturated heterocycles. The van der Waals surface area contributed by atoms with E-state index in [2.05, 4.69) is 16.0 Å². The Hall–Kier alpha value is -1.59. The van der Waals surface area contributed by atoms with E-state index in [-0.39, 0.29) is 6.04 Å². The number of hydrogen-bond acceptors (Lipinski definition) is 5. The van der Waals surface area contributed by atoms with Crippen LogP contribution in [0.2, 0.25) is 0 Å². The fourth-order valence-electron chi connectivity index (χ4n) is 1.93. The van der Waals surface area contributed by atoms with E-state index in [4.69, 9.17) is 10.5 Å². The van der Waals surface area contributed by atoms with Crippen molar-refractivity contribution >= 4 is 11.8 Å². The summed E-state index contributed by atoms with van der Waals surface area (Å²) in [6.45, 7) is 6.58. The van der Waals surface area contributed by atoms with Gasteiger partial charge in [0.25, 0.3) is 0 Å². The minimum Gasteiger partial charge on any atom is -0.494 e. The maximum atomic E-state index is 5.96. The highest BCUT2D eigenvalue weighted by Gasteiger charge is 2.09. The second kappa shape index (κ2) is 7.43. The zero-order valence-electron chi connectivity index (χ0n) is 12.7. The lowest BCUT2D eigenvalue weighted by Crippen LogP contribution is -2.06. The van der Waals surface area contributed by atoms with E-state index in [0.717, 1.165) is 33.5 Å². The lowest BCUT2D eigenvalue weighted by Gasteiger charge is -2.13. The Kier molecular flexibility index (Phi) is 5.59. The summed E-state index contributed by atoms with van der Waals surface area (Å²) in [5, 5.41) is 0.781. The van der Waals surface area contributed by atoms with Gasteiger partial charge in [-0.05, 0) is 44.5 Å². The normalized spacial score (nSPS) is 12.2. The van der Waals surface area contributed by atoms with Crippen LogP contribution in [0.5, 0.6) is 5.75 Å². The topological polar surface area (TPSA) is 61.0 Å². The molecule has 0 amide bonds. The summed E-state index contributed by atoms with van der Waals surface area (Å²) in [5.74, 6) is 1.67. The Bertz CT molecular complexity index is 602. The average molecular weight is 303 g/mol. The maximum absolute atomic E-state index is 5.96. The van der Waals surface area contributed by atoms with Crippen LogP contribution in [-0.4, -0.2) is 16.6 Å². The number of benzene rings is 1. The van der Waals surface area contributed by atoms with Crippen LogP contribution >= 0.6 is 11.8 Å². The van der Waals surface area contributed by atoms with Crippen LogP contribution in [0.3, 0.4) is 0 Å². The molecule has 0 aliphatic rings. The molecule has 2 N–H and O–H groups in total. The molecule has 2 rings (SSSR count). The van der Waals surface area contributed by atoms with Gasteiger partial charge in [0.15, 0.2) is 5.16 Å². The van der Waals surface area contributed by atoms with Crippen molar-refractivity contribution in [2.45, 2.75) is 37.7 Å². The fraction of sp³-hybridized carbons (Fsp3) is 0.375. The van der Waals surface area contributed by atoms with Gasteiger partial charge in [0, 0.05) is 29.2 Å². The van der Waals surface area contributed by atoms with Crippen LogP contribution in [-0.2, 0) is 5.75 Å². The van der Waals surface area contributed by atoms with Crippen molar-refractivity contribution in [2.24, 2.45) is 5.73 Å². The molecule has 0 aliphatic carbocycles. The van der Waals surface area contributed by atoms with Crippen LogP contribution in [0.15, 0.2) is 35.6 Å². The van der Waals surface area contributed by atoms with Crippen LogP contribution in [0.1, 0.15) is 36.7 Å². The molecule has 21 heavy (non-hydrogen) atoms. The molecule has 1 atom stereocenters. The first-order valence-corrected chi connectivity index (χ1v) is 8.02. The van der Waals surface area contributed by atoms with Gasteiger partial charge >= 0.3 is 0 Å². The quantitative estimate of drug-likeness (QED) is 0.654. The summed E-state index contributed by atoms with van der Waals surface area (Å²) in [7, 11) is 0. The molecular weight excluding hydrogens is 282 g/mol. The Labute approximate surface area is 130 Å². The maximum Gasteiger partial charge on any atom is 0.188 e. The third kappa shape index (κ3) is 4.44. The molecule has 4 nitrogen and oxygen atoms in total. The number of nitrogens with zero attached hydrogens (tertiary/aromatic N) is 2. The van der Waals surface area contributed by atoms with Crippen molar-refractivity contribution in [3.63, 3.8) is 0 Å². The standard InChI is InChI=1S/C16H21N3OS/c1-4-20-15-6-5-13(12(3)17)9-14(15)10-21-16-18-8-7-11(2)19-16/h5-9,12H,4,10,17H2,1-3H3. The summed E-state index contributed by atoms with van der Waals surface area (Å²) >= 11 is 1.61. The molecule has 1 aromatic carbocycles. The van der Waals surface area contributed by atoms with Gasteiger partial charge in [-0.3, -0.25) is 0 Å². The van der Waals surface area contributed by atoms with Gasteiger partial charge in [-0.15, -0.1) is 0 Å². The molecule has 2 aromatic rings. The second-order valence-corrected chi connectivity index (χ2v) is 5.80. The summed E-state index contributed by atoms with van der Waals surface area (Å²) in [4.78, 5) is 8.68. The van der Waals surface area contributed by atoms with E-state index in [1.54, 1.807) is 18.0 Å². The first-order chi connectivity index (χ1) is 10.1. The van der Waals surface area contributed by atoms with Crippen LogP contribution in [0, 0.1) is 6.92 Å². The first-order valence-electron chi connectivity index (χ1n) is 7.03. The highest BCUT2D eigenvalue weighted by Crippen LogP contribution is 2.28. The molecule has 0 spiro atoms. The van der Waals surface area contributed by atoms with Gasteiger partial charge in [0.05, 0.1) is 6.61 Å². The molecule has 0 radical (unpaired) electrons. The van der Waals surface area contributed by atoms with Gasteiger partial charge in [-0.2, -0.15) is 0 Å². The van der Waals surface area contributed by atoms with E-state index >= 15 is 0 Å². The van der Waals surface area contributed by atoms with Crippen molar-refractivity contribution < 1.29 is 4.74 Å². The van der Waals surface area contributed by atoms with Crippen LogP contribution < -0.4 is 10.5 Å². The number of ether oxygens (including phenoxy) is 1. The minimum absolute atomic E-state index is 0.0136. The van der Waals surface area contributed by atoms with Gasteiger partial charge in [-0.1, -0.05) is 17.8 Å². The zero-order chi connectivity index (χ0) is 15.2. The van der Waals surface area contributed by atoms with E-state index in [0.29, 0.717) is 6.61 Å². The lowest BCUT2D eigenvalue weighted by atomic mass is 10.1. The van der Waals surface area contributed by atoms with Crippen LogP contribution in [0.4, 0.5) is 0 Å². The molecule has 5 heteroatoms. The number of nitrogens with two attached hydrogens (primary N) is 1. The summed E-state index contributed by atoms with van der Waals surface area (Å²) in [6, 6.07) is 8.03. The molecular formula is C16H21N3OS. The molecule has 0 bridgehead atoms. The monoisotopic (exact) mass is 303 g/mol. The average Bonchev–Trinajstić information content (AvgIpc) is 2.46. The number of hydrogen-bond donors (Lipinski definition) is 1. The minimum atomic E-state index is 0.0136. The molecule has 0 saturated carbocycles. The zero-order valence-corrected chi connectivity index (χ0v) is 13.5. The SMILES string of the molecule is CCOc1ccc(C(C)N)cc1CSc1nccc(C)n1. The van der Waals surface area contributed by atoms with E-state index in [1.165, 1.54) is 0 Å². The third-order valence-corrected chi connectivity index (χ3v) is 3.95. The predicted octanol–water partition coefficient (Wildman–Crippen LogP) is 3.50. The second-order valence-electron chi connectivity index (χ2n) is 4.86. The fourth-order valence-corrected chi connectivity index (χ4v) is 2.78. The van der Waals surface area contributed by atoms with E-state index < -0.39 is 0 Å². The van der Waals surface area contributed by atoms with Crippen molar-refractivity contribution in [2.75, 3.05) is 6.61 Å². The summed E-state index contributed by atoms with van der Waals surface area (Å²) in [5.41, 5.74) is 9.17. The first kappa shape index (κ1) is 15.8. The molecule has 112 valence electrons. The molecule has 1 heterocycles. The molecule has 0 aliphatic heterocycles. The van der Waals surface area contributed by atoms with Crippen molar-refractivity contribution in [3.8, 4) is 5.75 Å². The van der Waals surface area contributed by atoms with Gasteiger partial charge in [0.1, 0.15) is 5.75 Å². The van der Waals surface area contributed by atoms with E-state index in [9.17, 15) is 0 Å². The summed E-state index contributed by atoms with van der Waals surface area (Å²) < 4.78 is 5.69. The number of aromatic nitrogens is 2. The predicted molar refractivity (Wildman–Crippen MR) is 86.5 cm³/mol. The molecule has 1 aromatic heterocycles. The van der Waals surface area contributed by atoms with Gasteiger partial charge in [0.2, 0.25) is 0 Å². The van der Waals surface area contributed by atoms with Crippen molar-refractivity contribution in [1.29, 1.82) is 0 Å². The number of thioether (sulfide) groups is 1. The Morgan fingerprint density at radius 1 is 1.33 bits per heavy atom. The van der Waals surface area contributed by atoms with E-state index in [1.807, 2.05) is 39.0 Å². The smallest absolute Gasteiger partial charge is 0.188 e. The Morgan fingerprint density at radius 3 is 2.81 bits per heavy atom. The third-order valence-electron chi connectivity index (χ3n) is 3.04. The highest BCUT2D eigenvalue weighted by atomic mass is 32.2. The van der Waals surface area contributed by atoms with Gasteiger partial charge in [-0.25, -0.2) is 9.97 Å². The number of rotatable bonds is 6. The Balaban J connectivity index is 2.18. The highest BCUT2D eigenvalue weighted by molar-refractivity contribution is 7.98. The van der Waals surface area contributed by atoms with Crippen LogP contribution in [0.25, 0.3) is 0 Å². The van der Waals surface area contributed by atoms with Crippen molar-refractivity contribution in [1.82, 2.24) is 9.97 Å². The van der Waals surface area contributed by atoms with Crippen molar-refractivity contribution in [3.05, 3.63) is 47.3 Å². The molecule has 1 unspecified atom stereocenters.